The van der Waals surface area contributed by atoms with Crippen LogP contribution in [-0.2, 0) is 11.2 Å². The van der Waals surface area contributed by atoms with Gasteiger partial charge < -0.3 is 19.4 Å². The summed E-state index contributed by atoms with van der Waals surface area (Å²) in [7, 11) is 0. The predicted molar refractivity (Wildman–Crippen MR) is 165 cm³/mol. The number of piperazine rings is 1. The Morgan fingerprint density at radius 2 is 2.09 bits per heavy atom. The lowest BCUT2D eigenvalue weighted by atomic mass is 9.95. The van der Waals surface area contributed by atoms with Crippen molar-refractivity contribution in [1.82, 2.24) is 24.8 Å². The van der Waals surface area contributed by atoms with Crippen molar-refractivity contribution in [2.45, 2.75) is 55.8 Å². The van der Waals surface area contributed by atoms with Crippen molar-refractivity contribution in [3.63, 3.8) is 0 Å². The first-order chi connectivity index (χ1) is 22.3. The molecule has 2 aliphatic carbocycles. The monoisotopic (exact) mass is 629 g/mol. The van der Waals surface area contributed by atoms with Crippen molar-refractivity contribution < 1.29 is 22.7 Å². The average Bonchev–Trinajstić information content (AvgIpc) is 3.37. The lowest BCUT2D eigenvalue weighted by molar-refractivity contribution is -0.131. The maximum Gasteiger partial charge on any atom is 0.319 e. The van der Waals surface area contributed by atoms with Crippen LogP contribution in [0.5, 0.6) is 6.01 Å². The topological polar surface area (TPSA) is 79.1 Å². The van der Waals surface area contributed by atoms with Gasteiger partial charge in [0, 0.05) is 44.4 Å². The highest BCUT2D eigenvalue weighted by molar-refractivity contribution is 5.93. The Morgan fingerprint density at radius 3 is 2.91 bits per heavy atom. The van der Waals surface area contributed by atoms with E-state index in [9.17, 15) is 13.6 Å². The van der Waals surface area contributed by atoms with E-state index in [1.807, 2.05) is 17.0 Å². The number of amides is 1. The molecule has 3 aliphatic heterocycles. The molecule has 5 aliphatic rings. The smallest absolute Gasteiger partial charge is 0.319 e. The van der Waals surface area contributed by atoms with Gasteiger partial charge in [-0.05, 0) is 55.2 Å². The molecule has 4 fully saturated rings. The van der Waals surface area contributed by atoms with Crippen LogP contribution in [-0.4, -0.2) is 94.3 Å². The highest BCUT2D eigenvalue weighted by atomic mass is 19.1. The Balaban J connectivity index is 1.20. The van der Waals surface area contributed by atoms with Crippen molar-refractivity contribution in [3.8, 4) is 17.3 Å². The molecule has 8 rings (SSSR count). The third kappa shape index (κ3) is 4.70. The quantitative estimate of drug-likeness (QED) is 0.273. The lowest BCUT2D eigenvalue weighted by Gasteiger charge is -2.39. The highest BCUT2D eigenvalue weighted by Gasteiger charge is 2.50. The van der Waals surface area contributed by atoms with Crippen molar-refractivity contribution in [2.75, 3.05) is 50.8 Å². The van der Waals surface area contributed by atoms with Gasteiger partial charge in [-0.3, -0.25) is 14.7 Å². The SMILES string of the molecule is [C-]#[N+]C[C@H]1CN(c2nc(OCC34CCCN3C[C@H](F)C4)nc3c(F)c(-c4cccc5c4[C@H]4C[C@H]4C5)ncc23)CCN1C(=O)C(=C)F. The third-order valence-electron chi connectivity index (χ3n) is 10.7. The standard InChI is InChI=1S/C34H34F3N7O2/c1-19(35)32(45)44-10-9-42(17-23(44)14-38-2)31-26-15-39-29(24-6-3-5-20-11-21-12-25(21)27(20)24)28(37)30(26)40-33(41-31)46-18-34-7-4-8-43(34)16-22(36)13-34/h3,5-6,15,21-23,25H,1,4,7-14,16-18H2/t21-,22-,23+,25+,34?/m1/s1. The van der Waals surface area contributed by atoms with E-state index in [-0.39, 0.29) is 50.0 Å². The normalized spacial score (nSPS) is 28.1. The van der Waals surface area contributed by atoms with E-state index < -0.39 is 35.3 Å². The lowest BCUT2D eigenvalue weighted by Crippen LogP contribution is -2.56. The van der Waals surface area contributed by atoms with E-state index in [0.29, 0.717) is 36.0 Å². The van der Waals surface area contributed by atoms with Crippen molar-refractivity contribution in [1.29, 1.82) is 0 Å². The van der Waals surface area contributed by atoms with Crippen LogP contribution in [0.3, 0.4) is 0 Å². The van der Waals surface area contributed by atoms with Gasteiger partial charge in [-0.25, -0.2) is 19.7 Å². The molecule has 0 spiro atoms. The first-order valence-electron chi connectivity index (χ1n) is 16.0. The fourth-order valence-corrected chi connectivity index (χ4v) is 8.44. The number of carbonyl (C=O) groups excluding carboxylic acids is 1. The second-order valence-corrected chi connectivity index (χ2v) is 13.4. The molecule has 3 aromatic rings. The molecule has 9 nitrogen and oxygen atoms in total. The second kappa shape index (κ2) is 10.9. The molecule has 238 valence electrons. The van der Waals surface area contributed by atoms with Crippen LogP contribution in [0.25, 0.3) is 27.0 Å². The Morgan fingerprint density at radius 1 is 1.22 bits per heavy atom. The Labute approximate surface area is 264 Å². The van der Waals surface area contributed by atoms with Crippen LogP contribution in [0.15, 0.2) is 36.8 Å². The minimum Gasteiger partial charge on any atom is -0.461 e. The minimum atomic E-state index is -1.09. The first-order valence-corrected chi connectivity index (χ1v) is 16.0. The molecule has 0 N–H and O–H groups in total. The van der Waals surface area contributed by atoms with Gasteiger partial charge in [0.1, 0.15) is 35.8 Å². The van der Waals surface area contributed by atoms with Gasteiger partial charge in [0.2, 0.25) is 6.54 Å². The number of nitrogens with zero attached hydrogens (tertiary/aromatic N) is 7. The van der Waals surface area contributed by atoms with E-state index in [1.54, 1.807) is 6.20 Å². The van der Waals surface area contributed by atoms with Gasteiger partial charge in [0.15, 0.2) is 11.6 Å². The summed E-state index contributed by atoms with van der Waals surface area (Å²) in [5, 5.41) is 0.368. The summed E-state index contributed by atoms with van der Waals surface area (Å²) in [6.07, 6.45) is 4.87. The molecular weight excluding hydrogens is 595 g/mol. The molecule has 46 heavy (non-hydrogen) atoms. The number of rotatable bonds is 7. The molecule has 12 heteroatoms. The van der Waals surface area contributed by atoms with Crippen molar-refractivity contribution >= 4 is 22.6 Å². The number of halogens is 3. The van der Waals surface area contributed by atoms with E-state index in [2.05, 4.69) is 32.4 Å². The van der Waals surface area contributed by atoms with Crippen LogP contribution < -0.4 is 9.64 Å². The molecule has 1 saturated carbocycles. The zero-order valence-corrected chi connectivity index (χ0v) is 25.4. The fourth-order valence-electron chi connectivity index (χ4n) is 8.44. The summed E-state index contributed by atoms with van der Waals surface area (Å²) in [6, 6.07) is 5.30. The largest absolute Gasteiger partial charge is 0.461 e. The van der Waals surface area contributed by atoms with Crippen molar-refractivity contribution in [3.05, 3.63) is 65.2 Å². The number of pyridine rings is 1. The first kappa shape index (κ1) is 29.2. The summed E-state index contributed by atoms with van der Waals surface area (Å²) < 4.78 is 51.3. The molecule has 5 atom stereocenters. The summed E-state index contributed by atoms with van der Waals surface area (Å²) in [4.78, 5) is 35.3. The molecular formula is C34H34F3N7O2. The number of alkyl halides is 1. The zero-order chi connectivity index (χ0) is 31.7. The molecule has 1 unspecified atom stereocenters. The van der Waals surface area contributed by atoms with Gasteiger partial charge in [-0.1, -0.05) is 24.8 Å². The minimum absolute atomic E-state index is 0.0278. The van der Waals surface area contributed by atoms with Gasteiger partial charge in [0.05, 0.1) is 10.9 Å². The summed E-state index contributed by atoms with van der Waals surface area (Å²) in [6.45, 7) is 12.4. The van der Waals surface area contributed by atoms with E-state index in [4.69, 9.17) is 16.3 Å². The molecule has 0 bridgehead atoms. The number of carbonyl (C=O) groups is 1. The number of anilines is 1. The van der Waals surface area contributed by atoms with Crippen molar-refractivity contribution in [2.24, 2.45) is 5.92 Å². The van der Waals surface area contributed by atoms with Crippen LogP contribution in [0, 0.1) is 18.3 Å². The van der Waals surface area contributed by atoms with E-state index in [1.165, 1.54) is 16.0 Å². The fraction of sp³-hybridized carbons (Fsp3) is 0.500. The van der Waals surface area contributed by atoms with Crippen LogP contribution in [0.2, 0.25) is 0 Å². The molecule has 1 amide bonds. The number of benzene rings is 1. The second-order valence-electron chi connectivity index (χ2n) is 13.4. The number of ether oxygens (including phenoxy) is 1. The summed E-state index contributed by atoms with van der Waals surface area (Å²) in [5.41, 5.74) is 3.02. The predicted octanol–water partition coefficient (Wildman–Crippen LogP) is 4.87. The molecule has 0 radical (unpaired) electrons. The maximum atomic E-state index is 16.7. The van der Waals surface area contributed by atoms with Gasteiger partial charge in [-0.15, -0.1) is 0 Å². The van der Waals surface area contributed by atoms with Crippen LogP contribution in [0.1, 0.15) is 42.7 Å². The molecule has 5 heterocycles. The average molecular weight is 630 g/mol. The summed E-state index contributed by atoms with van der Waals surface area (Å²) >= 11 is 0. The highest BCUT2D eigenvalue weighted by Crippen LogP contribution is 2.58. The van der Waals surface area contributed by atoms with Gasteiger partial charge >= 0.3 is 6.01 Å². The maximum absolute atomic E-state index is 16.7. The van der Waals surface area contributed by atoms with Crippen LogP contribution in [0.4, 0.5) is 19.0 Å². The number of hydrogen-bond acceptors (Lipinski definition) is 7. The van der Waals surface area contributed by atoms with Gasteiger partial charge in [-0.2, -0.15) is 9.97 Å². The number of aromatic nitrogens is 3. The van der Waals surface area contributed by atoms with E-state index in [0.717, 1.165) is 37.8 Å². The van der Waals surface area contributed by atoms with Crippen LogP contribution >= 0.6 is 0 Å². The Kier molecular flexibility index (Phi) is 6.94. The zero-order valence-electron chi connectivity index (χ0n) is 25.4. The number of fused-ring (bicyclic) bond motifs is 5. The van der Waals surface area contributed by atoms with E-state index >= 15 is 4.39 Å². The molecule has 1 aromatic carbocycles. The number of hydrogen-bond donors (Lipinski definition) is 0. The van der Waals surface area contributed by atoms with Gasteiger partial charge in [0.25, 0.3) is 5.91 Å². The Hall–Kier alpha value is -4.24. The molecule has 2 aromatic heterocycles. The summed E-state index contributed by atoms with van der Waals surface area (Å²) in [5.74, 6) is -1.10. The third-order valence-corrected chi connectivity index (χ3v) is 10.7. The molecule has 3 saturated heterocycles. The Bertz CT molecular complexity index is 1810.